The molecule has 2 aromatic carbocycles. The van der Waals surface area contributed by atoms with Crippen molar-refractivity contribution in [3.8, 4) is 0 Å². The second kappa shape index (κ2) is 10.2. The molecule has 34 heavy (non-hydrogen) atoms. The number of ether oxygens (including phenoxy) is 1. The highest BCUT2D eigenvalue weighted by Gasteiger charge is 2.26. The van der Waals surface area contributed by atoms with E-state index in [0.29, 0.717) is 33.4 Å². The zero-order valence-electron chi connectivity index (χ0n) is 18.2. The van der Waals surface area contributed by atoms with Crippen molar-refractivity contribution in [1.82, 2.24) is 8.87 Å². The first kappa shape index (κ1) is 24.9. The van der Waals surface area contributed by atoms with Gasteiger partial charge in [-0.25, -0.2) is 8.42 Å². The molecule has 12 heteroatoms. The molecule has 1 aliphatic heterocycles. The standard InChI is InChI=1S/C22H21Cl2N3O5S2/c1-32-19(28)13-27-20-17(24)11-15(23)12-18(20)33-22(27)25-21(29)14-5-7-16(8-6-14)34(30,31)26-9-3-2-4-10-26/h5-8,11-12H,2-4,9-10,13H2,1H3. The van der Waals surface area contributed by atoms with Crippen LogP contribution < -0.4 is 4.80 Å². The average Bonchev–Trinajstić information content (AvgIpc) is 3.16. The van der Waals surface area contributed by atoms with E-state index in [4.69, 9.17) is 27.9 Å². The summed E-state index contributed by atoms with van der Waals surface area (Å²) in [5.74, 6) is -1.12. The molecule has 0 saturated carbocycles. The highest BCUT2D eigenvalue weighted by atomic mass is 35.5. The summed E-state index contributed by atoms with van der Waals surface area (Å²) < 4.78 is 34.1. The van der Waals surface area contributed by atoms with Crippen LogP contribution in [0.4, 0.5) is 0 Å². The van der Waals surface area contributed by atoms with Crippen molar-refractivity contribution in [2.75, 3.05) is 20.2 Å². The lowest BCUT2D eigenvalue weighted by molar-refractivity contribution is -0.141. The Balaban J connectivity index is 1.70. The van der Waals surface area contributed by atoms with Crippen molar-refractivity contribution < 1.29 is 22.7 Å². The lowest BCUT2D eigenvalue weighted by Gasteiger charge is -2.25. The van der Waals surface area contributed by atoms with Crippen LogP contribution in [0.5, 0.6) is 0 Å². The number of benzene rings is 2. The fourth-order valence-electron chi connectivity index (χ4n) is 3.73. The minimum Gasteiger partial charge on any atom is -0.468 e. The summed E-state index contributed by atoms with van der Waals surface area (Å²) in [6.45, 7) is 0.797. The van der Waals surface area contributed by atoms with Gasteiger partial charge in [0.2, 0.25) is 10.0 Å². The van der Waals surface area contributed by atoms with Gasteiger partial charge in [0, 0.05) is 23.7 Å². The van der Waals surface area contributed by atoms with E-state index in [0.717, 1.165) is 30.6 Å². The lowest BCUT2D eigenvalue weighted by atomic mass is 10.2. The van der Waals surface area contributed by atoms with Crippen molar-refractivity contribution in [2.45, 2.75) is 30.7 Å². The normalized spacial score (nSPS) is 15.6. The van der Waals surface area contributed by atoms with Gasteiger partial charge in [-0.1, -0.05) is 41.0 Å². The number of rotatable bonds is 5. The largest absolute Gasteiger partial charge is 0.468 e. The molecule has 0 aliphatic carbocycles. The van der Waals surface area contributed by atoms with Gasteiger partial charge >= 0.3 is 5.97 Å². The van der Waals surface area contributed by atoms with E-state index in [1.54, 1.807) is 12.1 Å². The Labute approximate surface area is 210 Å². The van der Waals surface area contributed by atoms with Crippen molar-refractivity contribution in [3.05, 3.63) is 56.8 Å². The second-order valence-corrected chi connectivity index (χ2v) is 11.5. The molecule has 0 radical (unpaired) electrons. The Morgan fingerprint density at radius 1 is 1.09 bits per heavy atom. The number of methoxy groups -OCH3 is 1. The number of hydrogen-bond donors (Lipinski definition) is 0. The van der Waals surface area contributed by atoms with E-state index < -0.39 is 21.9 Å². The monoisotopic (exact) mass is 541 g/mol. The van der Waals surface area contributed by atoms with Gasteiger partial charge in [-0.15, -0.1) is 0 Å². The molecule has 1 aliphatic rings. The molecule has 180 valence electrons. The number of thiazole rings is 1. The van der Waals surface area contributed by atoms with E-state index in [2.05, 4.69) is 4.99 Å². The average molecular weight is 542 g/mol. The summed E-state index contributed by atoms with van der Waals surface area (Å²) in [5.41, 5.74) is 0.722. The molecule has 8 nitrogen and oxygen atoms in total. The highest BCUT2D eigenvalue weighted by molar-refractivity contribution is 7.89. The van der Waals surface area contributed by atoms with Gasteiger partial charge in [-0.3, -0.25) is 9.59 Å². The smallest absolute Gasteiger partial charge is 0.325 e. The molecule has 2 heterocycles. The van der Waals surface area contributed by atoms with Crippen LogP contribution in [-0.2, 0) is 26.1 Å². The lowest BCUT2D eigenvalue weighted by Crippen LogP contribution is -2.35. The molecule has 1 saturated heterocycles. The van der Waals surface area contributed by atoms with Gasteiger partial charge in [-0.05, 0) is 49.2 Å². The molecule has 1 aromatic heterocycles. The van der Waals surface area contributed by atoms with Gasteiger partial charge in [0.15, 0.2) is 4.80 Å². The van der Waals surface area contributed by atoms with Gasteiger partial charge in [-0.2, -0.15) is 9.30 Å². The Hall–Kier alpha value is -2.24. The zero-order chi connectivity index (χ0) is 24.5. The number of halogens is 2. The molecule has 0 atom stereocenters. The molecule has 0 N–H and O–H groups in total. The number of carbonyl (C=O) groups is 2. The summed E-state index contributed by atoms with van der Waals surface area (Å²) in [5, 5.41) is 0.719. The Kier molecular flexibility index (Phi) is 7.44. The van der Waals surface area contributed by atoms with Crippen molar-refractivity contribution in [3.63, 3.8) is 0 Å². The first-order valence-corrected chi connectivity index (χ1v) is 13.5. The minimum atomic E-state index is -3.60. The fraction of sp³-hybridized carbons (Fsp3) is 0.318. The van der Waals surface area contributed by atoms with Crippen molar-refractivity contribution in [2.24, 2.45) is 4.99 Å². The molecule has 4 rings (SSSR count). The first-order valence-electron chi connectivity index (χ1n) is 10.4. The fourth-order valence-corrected chi connectivity index (χ4v) is 7.06. The minimum absolute atomic E-state index is 0.134. The van der Waals surface area contributed by atoms with Crippen LogP contribution in [0.2, 0.25) is 10.0 Å². The zero-order valence-corrected chi connectivity index (χ0v) is 21.3. The number of esters is 1. The highest BCUT2D eigenvalue weighted by Crippen LogP contribution is 2.30. The van der Waals surface area contributed by atoms with E-state index in [1.165, 1.54) is 40.2 Å². The van der Waals surface area contributed by atoms with E-state index >= 15 is 0 Å². The van der Waals surface area contributed by atoms with Crippen LogP contribution in [0.15, 0.2) is 46.3 Å². The van der Waals surface area contributed by atoms with Crippen LogP contribution in [0.3, 0.4) is 0 Å². The van der Waals surface area contributed by atoms with E-state index in [-0.39, 0.29) is 21.8 Å². The van der Waals surface area contributed by atoms with Gasteiger partial charge in [0.1, 0.15) is 6.54 Å². The second-order valence-electron chi connectivity index (χ2n) is 7.69. The summed E-state index contributed by atoms with van der Waals surface area (Å²) >= 11 is 13.6. The van der Waals surface area contributed by atoms with E-state index in [1.807, 2.05) is 0 Å². The molecule has 0 spiro atoms. The third-order valence-corrected chi connectivity index (χ3v) is 8.91. The number of fused-ring (bicyclic) bond motifs is 1. The molecule has 1 fully saturated rings. The van der Waals surface area contributed by atoms with Crippen LogP contribution in [0.25, 0.3) is 10.2 Å². The summed E-state index contributed by atoms with van der Waals surface area (Å²) in [7, 11) is -2.34. The summed E-state index contributed by atoms with van der Waals surface area (Å²) in [4.78, 5) is 29.4. The Morgan fingerprint density at radius 3 is 2.41 bits per heavy atom. The van der Waals surface area contributed by atoms with Crippen LogP contribution >= 0.6 is 34.5 Å². The molecular formula is C22H21Cl2N3O5S2. The van der Waals surface area contributed by atoms with Crippen molar-refractivity contribution >= 4 is 66.7 Å². The van der Waals surface area contributed by atoms with Crippen LogP contribution in [-0.4, -0.2) is 49.4 Å². The number of hydrogen-bond acceptors (Lipinski definition) is 6. The quantitative estimate of drug-likeness (QED) is 0.453. The van der Waals surface area contributed by atoms with Gasteiger partial charge in [0.05, 0.1) is 27.2 Å². The van der Waals surface area contributed by atoms with Crippen LogP contribution in [0.1, 0.15) is 29.6 Å². The molecule has 0 bridgehead atoms. The topological polar surface area (TPSA) is 98.0 Å². The number of piperidine rings is 1. The number of carbonyl (C=O) groups excluding carboxylic acids is 2. The number of nitrogens with zero attached hydrogens (tertiary/aromatic N) is 3. The SMILES string of the molecule is COC(=O)Cn1c(=NC(=O)c2ccc(S(=O)(=O)N3CCCCC3)cc2)sc2cc(Cl)cc(Cl)c21. The summed E-state index contributed by atoms with van der Waals surface area (Å²) in [6.07, 6.45) is 2.70. The number of aromatic nitrogens is 1. The summed E-state index contributed by atoms with van der Waals surface area (Å²) in [6, 6.07) is 8.91. The third-order valence-electron chi connectivity index (χ3n) is 5.46. The maximum Gasteiger partial charge on any atom is 0.325 e. The Morgan fingerprint density at radius 2 is 1.76 bits per heavy atom. The molecule has 0 unspecified atom stereocenters. The van der Waals surface area contributed by atoms with Gasteiger partial charge in [0.25, 0.3) is 5.91 Å². The first-order chi connectivity index (χ1) is 16.2. The maximum absolute atomic E-state index is 12.9. The van der Waals surface area contributed by atoms with Crippen molar-refractivity contribution in [1.29, 1.82) is 0 Å². The number of sulfonamides is 1. The molecular weight excluding hydrogens is 521 g/mol. The Bertz CT molecular complexity index is 1420. The van der Waals surface area contributed by atoms with Gasteiger partial charge < -0.3 is 9.30 Å². The van der Waals surface area contributed by atoms with Crippen LogP contribution in [0, 0.1) is 0 Å². The number of amides is 1. The third kappa shape index (κ3) is 5.06. The van der Waals surface area contributed by atoms with E-state index in [9.17, 15) is 18.0 Å². The predicted octanol–water partition coefficient (Wildman–Crippen LogP) is 4.10. The predicted molar refractivity (Wildman–Crippen MR) is 131 cm³/mol. The molecule has 1 amide bonds. The maximum atomic E-state index is 12.9. The molecule has 3 aromatic rings.